The molecule has 1 amide bonds. The fraction of sp³-hybridized carbons (Fsp3) is 0.364. The molecule has 0 spiro atoms. The van der Waals surface area contributed by atoms with Gasteiger partial charge in [0, 0.05) is 0 Å². The first kappa shape index (κ1) is 17.8. The number of hydrogen-bond acceptors (Lipinski definition) is 4. The number of nitrogens with one attached hydrogen (secondary N) is 1. The number of halogens is 1. The maximum Gasteiger partial charge on any atom is 0.238 e. The van der Waals surface area contributed by atoms with Crippen molar-refractivity contribution in [3.63, 3.8) is 0 Å². The minimum Gasteiger partial charge on any atom is -0.348 e. The van der Waals surface area contributed by atoms with Crippen LogP contribution < -0.4 is 16.2 Å². The third kappa shape index (κ3) is 5.15. The molecule has 1 rings (SSSR count). The van der Waals surface area contributed by atoms with Gasteiger partial charge >= 0.3 is 0 Å². The first-order valence-electron chi connectivity index (χ1n) is 5.40. The second-order valence-corrected chi connectivity index (χ2v) is 5.69. The molecule has 0 saturated heterocycles. The summed E-state index contributed by atoms with van der Waals surface area (Å²) in [5.41, 5.74) is 6.21. The quantitative estimate of drug-likeness (QED) is 0.741. The number of rotatable bonds is 4. The number of amides is 1. The fourth-order valence-corrected chi connectivity index (χ4v) is 1.89. The number of nitrogens with two attached hydrogens (primary N) is 2. The summed E-state index contributed by atoms with van der Waals surface area (Å²) >= 11 is 0. The summed E-state index contributed by atoms with van der Waals surface area (Å²) in [4.78, 5) is 11.4. The highest BCUT2D eigenvalue weighted by molar-refractivity contribution is 7.89. The van der Waals surface area contributed by atoms with E-state index in [1.807, 2.05) is 0 Å². The molecule has 8 heteroatoms. The molecule has 1 aromatic rings. The summed E-state index contributed by atoms with van der Waals surface area (Å²) in [6.07, 6.45) is 0. The van der Waals surface area contributed by atoms with Crippen molar-refractivity contribution in [2.45, 2.75) is 30.8 Å². The van der Waals surface area contributed by atoms with Crippen LogP contribution in [0.15, 0.2) is 29.2 Å². The number of benzene rings is 1. The van der Waals surface area contributed by atoms with E-state index in [1.165, 1.54) is 12.1 Å². The van der Waals surface area contributed by atoms with E-state index in [-0.39, 0.29) is 29.3 Å². The van der Waals surface area contributed by atoms with Crippen LogP contribution in [0.1, 0.15) is 25.5 Å². The molecule has 0 aromatic heterocycles. The van der Waals surface area contributed by atoms with Crippen molar-refractivity contribution in [2.24, 2.45) is 10.9 Å². The molecule has 0 aliphatic heterocycles. The Hall–Kier alpha value is -1.15. The third-order valence-electron chi connectivity index (χ3n) is 2.48. The second-order valence-electron chi connectivity index (χ2n) is 4.13. The van der Waals surface area contributed by atoms with Gasteiger partial charge in [-0.25, -0.2) is 13.6 Å². The van der Waals surface area contributed by atoms with E-state index in [0.29, 0.717) is 0 Å². The van der Waals surface area contributed by atoms with Crippen LogP contribution in [-0.4, -0.2) is 20.4 Å². The summed E-state index contributed by atoms with van der Waals surface area (Å²) < 4.78 is 22.1. The molecule has 2 atom stereocenters. The molecule has 6 nitrogen and oxygen atoms in total. The van der Waals surface area contributed by atoms with Gasteiger partial charge in [0.15, 0.2) is 0 Å². The van der Waals surface area contributed by atoms with Gasteiger partial charge in [-0.15, -0.1) is 12.4 Å². The van der Waals surface area contributed by atoms with Crippen molar-refractivity contribution < 1.29 is 13.2 Å². The zero-order chi connectivity index (χ0) is 13.9. The van der Waals surface area contributed by atoms with E-state index in [9.17, 15) is 13.2 Å². The number of primary sulfonamides is 1. The van der Waals surface area contributed by atoms with Gasteiger partial charge in [-0.2, -0.15) is 0 Å². The Morgan fingerprint density at radius 1 is 1.21 bits per heavy atom. The van der Waals surface area contributed by atoms with Gasteiger partial charge in [-0.1, -0.05) is 12.1 Å². The Labute approximate surface area is 119 Å². The Bertz CT molecular complexity index is 529. The van der Waals surface area contributed by atoms with Gasteiger partial charge in [-0.3, -0.25) is 4.79 Å². The normalized spacial score (nSPS) is 14.1. The van der Waals surface area contributed by atoms with Gasteiger partial charge < -0.3 is 11.1 Å². The smallest absolute Gasteiger partial charge is 0.238 e. The Kier molecular flexibility index (Phi) is 6.44. The van der Waals surface area contributed by atoms with Gasteiger partial charge in [-0.05, 0) is 31.5 Å². The second kappa shape index (κ2) is 6.85. The number of hydrogen-bond donors (Lipinski definition) is 3. The van der Waals surface area contributed by atoms with Crippen LogP contribution in [0, 0.1) is 0 Å². The van der Waals surface area contributed by atoms with Gasteiger partial charge in [0.25, 0.3) is 0 Å². The number of carbonyl (C=O) groups excluding carboxylic acids is 1. The third-order valence-corrected chi connectivity index (χ3v) is 3.41. The lowest BCUT2D eigenvalue weighted by Gasteiger charge is -2.16. The molecule has 0 bridgehead atoms. The standard InChI is InChI=1S/C11H17N3O3S.ClH/c1-7(12)11(15)14-8(2)9-3-5-10(6-4-9)18(13,16)17;/h3-8H,12H2,1-2H3,(H,14,15)(H2,13,16,17);1H. The molecule has 0 radical (unpaired) electrons. The summed E-state index contributed by atoms with van der Waals surface area (Å²) in [7, 11) is -3.69. The average Bonchev–Trinajstić information content (AvgIpc) is 2.27. The first-order valence-corrected chi connectivity index (χ1v) is 6.95. The predicted octanol–water partition coefficient (Wildman–Crippen LogP) is 0.280. The van der Waals surface area contributed by atoms with Gasteiger partial charge in [0.1, 0.15) is 0 Å². The van der Waals surface area contributed by atoms with Crippen molar-refractivity contribution in [3.05, 3.63) is 29.8 Å². The first-order chi connectivity index (χ1) is 8.21. The zero-order valence-electron chi connectivity index (χ0n) is 10.7. The van der Waals surface area contributed by atoms with Crippen LogP contribution in [0.2, 0.25) is 0 Å². The highest BCUT2D eigenvalue weighted by Gasteiger charge is 2.13. The SMILES string of the molecule is CC(N)C(=O)NC(C)c1ccc(S(N)(=O)=O)cc1.Cl. The van der Waals surface area contributed by atoms with E-state index in [2.05, 4.69) is 5.32 Å². The summed E-state index contributed by atoms with van der Waals surface area (Å²) in [6.45, 7) is 3.37. The number of sulfonamides is 1. The van der Waals surface area contributed by atoms with E-state index in [4.69, 9.17) is 10.9 Å². The molecule has 5 N–H and O–H groups in total. The Morgan fingerprint density at radius 3 is 2.05 bits per heavy atom. The molecule has 2 unspecified atom stereocenters. The molecule has 0 heterocycles. The van der Waals surface area contributed by atoms with Crippen LogP contribution in [0.25, 0.3) is 0 Å². The largest absolute Gasteiger partial charge is 0.348 e. The average molecular weight is 308 g/mol. The molecule has 108 valence electrons. The van der Waals surface area contributed by atoms with Crippen molar-refractivity contribution in [3.8, 4) is 0 Å². The van der Waals surface area contributed by atoms with E-state index in [0.717, 1.165) is 5.56 Å². The molecule has 0 fully saturated rings. The molecule has 19 heavy (non-hydrogen) atoms. The summed E-state index contributed by atoms with van der Waals surface area (Å²) in [6, 6.07) is 5.17. The Morgan fingerprint density at radius 2 is 1.68 bits per heavy atom. The van der Waals surface area contributed by atoms with E-state index in [1.54, 1.807) is 26.0 Å². The van der Waals surface area contributed by atoms with Gasteiger partial charge in [0.05, 0.1) is 17.0 Å². The predicted molar refractivity (Wildman–Crippen MR) is 75.3 cm³/mol. The monoisotopic (exact) mass is 307 g/mol. The fourth-order valence-electron chi connectivity index (χ4n) is 1.37. The van der Waals surface area contributed by atoms with Gasteiger partial charge in [0.2, 0.25) is 15.9 Å². The maximum absolute atomic E-state index is 11.4. The van der Waals surface area contributed by atoms with Crippen LogP contribution in [0.5, 0.6) is 0 Å². The minimum atomic E-state index is -3.69. The molecular weight excluding hydrogens is 290 g/mol. The zero-order valence-corrected chi connectivity index (χ0v) is 12.3. The topological polar surface area (TPSA) is 115 Å². The molecular formula is C11H18ClN3O3S. The lowest BCUT2D eigenvalue weighted by Crippen LogP contribution is -2.39. The van der Waals surface area contributed by atoms with Crippen LogP contribution in [0.3, 0.4) is 0 Å². The maximum atomic E-state index is 11.4. The van der Waals surface area contributed by atoms with E-state index < -0.39 is 16.1 Å². The summed E-state index contributed by atoms with van der Waals surface area (Å²) in [5, 5.41) is 7.70. The van der Waals surface area contributed by atoms with Crippen molar-refractivity contribution in [1.82, 2.24) is 5.32 Å². The van der Waals surface area contributed by atoms with Crippen molar-refractivity contribution in [1.29, 1.82) is 0 Å². The highest BCUT2D eigenvalue weighted by atomic mass is 35.5. The van der Waals surface area contributed by atoms with E-state index >= 15 is 0 Å². The highest BCUT2D eigenvalue weighted by Crippen LogP contribution is 2.15. The molecule has 0 saturated carbocycles. The minimum absolute atomic E-state index is 0. The summed E-state index contributed by atoms with van der Waals surface area (Å²) in [5.74, 6) is -0.266. The lowest BCUT2D eigenvalue weighted by molar-refractivity contribution is -0.122. The van der Waals surface area contributed by atoms with Crippen molar-refractivity contribution >= 4 is 28.3 Å². The van der Waals surface area contributed by atoms with Crippen LogP contribution in [0.4, 0.5) is 0 Å². The van der Waals surface area contributed by atoms with Crippen LogP contribution in [-0.2, 0) is 14.8 Å². The molecule has 0 aliphatic rings. The lowest BCUT2D eigenvalue weighted by atomic mass is 10.1. The molecule has 1 aromatic carbocycles. The molecule has 0 aliphatic carbocycles. The number of carbonyl (C=O) groups is 1. The Balaban J connectivity index is 0.00000324. The van der Waals surface area contributed by atoms with Crippen LogP contribution >= 0.6 is 12.4 Å². The van der Waals surface area contributed by atoms with Crippen molar-refractivity contribution in [2.75, 3.05) is 0 Å².